The summed E-state index contributed by atoms with van der Waals surface area (Å²) in [5, 5.41) is 6.01. The molecule has 2 heterocycles. The number of aromatic nitrogens is 3. The van der Waals surface area contributed by atoms with Gasteiger partial charge in [0.25, 0.3) is 0 Å². The smallest absolute Gasteiger partial charge is 0.164 e. The van der Waals surface area contributed by atoms with E-state index in [2.05, 4.69) is 24.3 Å². The first-order chi connectivity index (χ1) is 14.3. The summed E-state index contributed by atoms with van der Waals surface area (Å²) in [5.74, 6) is 0.835. The fraction of sp³-hybridized carbons (Fsp3) is 0.0400. The van der Waals surface area contributed by atoms with E-state index < -0.39 is 0 Å². The maximum absolute atomic E-state index is 5.32. The molecule has 0 fully saturated rings. The highest BCUT2D eigenvalue weighted by atomic mass is 16.5. The van der Waals surface area contributed by atoms with Gasteiger partial charge in [-0.15, -0.1) is 0 Å². The predicted octanol–water partition coefficient (Wildman–Crippen LogP) is 5.76. The number of hydrogen-bond donors (Lipinski definition) is 0. The summed E-state index contributed by atoms with van der Waals surface area (Å²) >= 11 is 0. The lowest BCUT2D eigenvalue weighted by molar-refractivity contribution is 0.415. The van der Waals surface area contributed by atoms with Crippen LogP contribution in [0, 0.1) is 0 Å². The van der Waals surface area contributed by atoms with E-state index in [4.69, 9.17) is 14.8 Å². The first kappa shape index (κ1) is 17.2. The van der Waals surface area contributed by atoms with E-state index in [0.717, 1.165) is 44.9 Å². The van der Waals surface area contributed by atoms with Crippen LogP contribution in [0.2, 0.25) is 0 Å². The highest BCUT2D eigenvalue weighted by Crippen LogP contribution is 2.36. The predicted molar refractivity (Wildman–Crippen MR) is 116 cm³/mol. The zero-order chi connectivity index (χ0) is 19.6. The molecule has 0 bridgehead atoms. The van der Waals surface area contributed by atoms with E-state index in [1.807, 2.05) is 77.6 Å². The Bertz CT molecular complexity index is 1260. The summed E-state index contributed by atoms with van der Waals surface area (Å²) in [4.78, 5) is 4.70. The van der Waals surface area contributed by atoms with Crippen LogP contribution in [-0.4, -0.2) is 21.9 Å². The topological polar surface area (TPSA) is 39.9 Å². The molecule has 2 aromatic heterocycles. The number of para-hydroxylation sites is 1. The zero-order valence-electron chi connectivity index (χ0n) is 16.0. The summed E-state index contributed by atoms with van der Waals surface area (Å²) in [6, 6.07) is 30.5. The lowest BCUT2D eigenvalue weighted by Gasteiger charge is -2.07. The van der Waals surface area contributed by atoms with Crippen LogP contribution in [0.4, 0.5) is 0 Å². The Labute approximate surface area is 169 Å². The second kappa shape index (κ2) is 7.24. The van der Waals surface area contributed by atoms with Crippen molar-refractivity contribution >= 4 is 11.0 Å². The van der Waals surface area contributed by atoms with Gasteiger partial charge < -0.3 is 4.74 Å². The Balaban J connectivity index is 1.82. The number of ether oxygens (including phenoxy) is 1. The molecule has 5 rings (SSSR count). The largest absolute Gasteiger partial charge is 0.497 e. The Morgan fingerprint density at radius 2 is 1.41 bits per heavy atom. The van der Waals surface area contributed by atoms with Crippen LogP contribution in [0.3, 0.4) is 0 Å². The third-order valence-electron chi connectivity index (χ3n) is 5.02. The number of rotatable bonds is 4. The van der Waals surface area contributed by atoms with Crippen LogP contribution in [0.1, 0.15) is 0 Å². The van der Waals surface area contributed by atoms with Crippen molar-refractivity contribution in [3.63, 3.8) is 0 Å². The molecule has 0 aliphatic rings. The fourth-order valence-electron chi connectivity index (χ4n) is 3.60. The molecule has 0 spiro atoms. The van der Waals surface area contributed by atoms with Crippen molar-refractivity contribution < 1.29 is 4.74 Å². The van der Waals surface area contributed by atoms with Gasteiger partial charge >= 0.3 is 0 Å². The molecule has 140 valence electrons. The lowest BCUT2D eigenvalue weighted by Crippen LogP contribution is -1.97. The van der Waals surface area contributed by atoms with Crippen molar-refractivity contribution in [2.24, 2.45) is 0 Å². The highest BCUT2D eigenvalue weighted by molar-refractivity contribution is 6.03. The van der Waals surface area contributed by atoms with Gasteiger partial charge in [0.15, 0.2) is 5.65 Å². The molecule has 0 radical (unpaired) electrons. The Morgan fingerprint density at radius 1 is 0.724 bits per heavy atom. The molecule has 3 aromatic carbocycles. The maximum Gasteiger partial charge on any atom is 0.164 e. The molecule has 0 N–H and O–H groups in total. The molecule has 0 saturated heterocycles. The summed E-state index contributed by atoms with van der Waals surface area (Å²) in [6.07, 6.45) is 1.85. The van der Waals surface area contributed by atoms with Crippen LogP contribution >= 0.6 is 0 Å². The summed E-state index contributed by atoms with van der Waals surface area (Å²) in [5.41, 5.74) is 6.00. The minimum absolute atomic E-state index is 0.835. The minimum atomic E-state index is 0.835. The van der Waals surface area contributed by atoms with Gasteiger partial charge in [0.2, 0.25) is 0 Å². The first-order valence-corrected chi connectivity index (χ1v) is 9.48. The summed E-state index contributed by atoms with van der Waals surface area (Å²) in [7, 11) is 1.68. The second-order valence-corrected chi connectivity index (χ2v) is 6.75. The first-order valence-electron chi connectivity index (χ1n) is 9.48. The molecule has 29 heavy (non-hydrogen) atoms. The van der Waals surface area contributed by atoms with Crippen LogP contribution in [0.5, 0.6) is 5.75 Å². The summed E-state index contributed by atoms with van der Waals surface area (Å²) < 4.78 is 7.24. The second-order valence-electron chi connectivity index (χ2n) is 6.75. The molecular weight excluding hydrogens is 358 g/mol. The highest BCUT2D eigenvalue weighted by Gasteiger charge is 2.18. The lowest BCUT2D eigenvalue weighted by atomic mass is 9.99. The monoisotopic (exact) mass is 377 g/mol. The Kier molecular flexibility index (Phi) is 4.30. The van der Waals surface area contributed by atoms with Crippen molar-refractivity contribution in [2.75, 3.05) is 7.11 Å². The molecular formula is C25H19N3O. The van der Waals surface area contributed by atoms with E-state index in [-0.39, 0.29) is 0 Å². The Hall–Kier alpha value is -3.92. The van der Waals surface area contributed by atoms with E-state index in [1.54, 1.807) is 7.11 Å². The van der Waals surface area contributed by atoms with Crippen LogP contribution < -0.4 is 4.74 Å². The van der Waals surface area contributed by atoms with Crippen molar-refractivity contribution in [1.29, 1.82) is 0 Å². The third kappa shape index (κ3) is 3.05. The molecule has 0 aliphatic heterocycles. The van der Waals surface area contributed by atoms with E-state index in [0.29, 0.717) is 0 Å². The number of hydrogen-bond acceptors (Lipinski definition) is 3. The minimum Gasteiger partial charge on any atom is -0.497 e. The molecule has 0 aliphatic carbocycles. The van der Waals surface area contributed by atoms with E-state index >= 15 is 0 Å². The quantitative estimate of drug-likeness (QED) is 0.400. The average molecular weight is 377 g/mol. The number of fused-ring (bicyclic) bond motifs is 1. The number of benzene rings is 3. The Morgan fingerprint density at radius 3 is 2.10 bits per heavy atom. The van der Waals surface area contributed by atoms with E-state index in [1.165, 1.54) is 0 Å². The molecule has 0 unspecified atom stereocenters. The molecule has 0 saturated carbocycles. The van der Waals surface area contributed by atoms with Gasteiger partial charge in [-0.05, 0) is 41.5 Å². The molecule has 0 amide bonds. The van der Waals surface area contributed by atoms with Gasteiger partial charge in [-0.2, -0.15) is 5.10 Å². The molecule has 0 atom stereocenters. The molecule has 4 heteroatoms. The van der Waals surface area contributed by atoms with Gasteiger partial charge in [-0.1, -0.05) is 60.7 Å². The van der Waals surface area contributed by atoms with Crippen LogP contribution in [0.25, 0.3) is 39.1 Å². The van der Waals surface area contributed by atoms with Gasteiger partial charge in [0, 0.05) is 11.8 Å². The number of pyridine rings is 1. The zero-order valence-corrected chi connectivity index (χ0v) is 16.0. The van der Waals surface area contributed by atoms with E-state index in [9.17, 15) is 0 Å². The van der Waals surface area contributed by atoms with Crippen molar-refractivity contribution in [3.05, 3.63) is 97.2 Å². The van der Waals surface area contributed by atoms with Crippen molar-refractivity contribution in [2.45, 2.75) is 0 Å². The van der Waals surface area contributed by atoms with Gasteiger partial charge in [0.05, 0.1) is 18.2 Å². The summed E-state index contributed by atoms with van der Waals surface area (Å²) in [6.45, 7) is 0. The van der Waals surface area contributed by atoms with Crippen LogP contribution in [-0.2, 0) is 0 Å². The number of nitrogens with zero attached hydrogens (tertiary/aromatic N) is 3. The molecule has 5 aromatic rings. The number of methoxy groups -OCH3 is 1. The van der Waals surface area contributed by atoms with Crippen LogP contribution in [0.15, 0.2) is 97.2 Å². The van der Waals surface area contributed by atoms with Crippen molar-refractivity contribution in [1.82, 2.24) is 14.8 Å². The average Bonchev–Trinajstić information content (AvgIpc) is 3.20. The standard InChI is InChI=1S/C25H19N3O/c1-29-21-14-12-18(13-15-21)22-16-17-26-25-23(22)24(19-8-4-2-5-9-19)27-28(25)20-10-6-3-7-11-20/h2-17H,1H3. The van der Waals surface area contributed by atoms with Gasteiger partial charge in [0.1, 0.15) is 11.4 Å². The third-order valence-corrected chi connectivity index (χ3v) is 5.02. The maximum atomic E-state index is 5.32. The van der Waals surface area contributed by atoms with Crippen molar-refractivity contribution in [3.8, 4) is 33.8 Å². The fourth-order valence-corrected chi connectivity index (χ4v) is 3.60. The van der Waals surface area contributed by atoms with Gasteiger partial charge in [-0.3, -0.25) is 0 Å². The van der Waals surface area contributed by atoms with Gasteiger partial charge in [-0.25, -0.2) is 9.67 Å². The molecule has 4 nitrogen and oxygen atoms in total. The normalized spacial score (nSPS) is 10.9. The SMILES string of the molecule is COc1ccc(-c2ccnc3c2c(-c2ccccc2)nn3-c2ccccc2)cc1.